The van der Waals surface area contributed by atoms with Crippen LogP contribution in [0.2, 0.25) is 0 Å². The Labute approximate surface area is 255 Å². The highest BCUT2D eigenvalue weighted by Gasteiger charge is 2.60. The number of carbonyl (C=O) groups excluding carboxylic acids is 4. The first-order chi connectivity index (χ1) is 20.1. The molecule has 2 aromatic rings. The number of hydrogen-bond donors (Lipinski definition) is 2. The summed E-state index contributed by atoms with van der Waals surface area (Å²) < 4.78 is 23.0. The molecule has 3 rings (SSSR count). The zero-order valence-electron chi connectivity index (χ0n) is 23.8. The summed E-state index contributed by atoms with van der Waals surface area (Å²) in [5, 5.41) is 14.7. The fourth-order valence-corrected chi connectivity index (χ4v) is 5.57. The molecule has 2 N–H and O–H groups in total. The molecule has 1 heterocycles. The third-order valence-electron chi connectivity index (χ3n) is 6.09. The van der Waals surface area contributed by atoms with Gasteiger partial charge in [0.2, 0.25) is 11.3 Å². The van der Waals surface area contributed by atoms with Crippen molar-refractivity contribution in [1.29, 1.82) is 0 Å². The second-order valence-electron chi connectivity index (χ2n) is 10.7. The van der Waals surface area contributed by atoms with E-state index in [1.807, 2.05) is 0 Å². The van der Waals surface area contributed by atoms with Gasteiger partial charge in [-0.15, -0.1) is 0 Å². The summed E-state index contributed by atoms with van der Waals surface area (Å²) >= 11 is 0. The topological polar surface area (TPSA) is 180 Å². The molecule has 230 valence electrons. The molecule has 0 radical (unpaired) electrons. The molecule has 0 spiro atoms. The van der Waals surface area contributed by atoms with E-state index in [4.69, 9.17) is 20.2 Å². The van der Waals surface area contributed by atoms with Gasteiger partial charge in [0.25, 0.3) is 11.6 Å². The molecule has 0 bridgehead atoms. The number of likely N-dealkylation sites (tertiary alicyclic amines) is 1. The summed E-state index contributed by atoms with van der Waals surface area (Å²) in [6.07, 6.45) is -0.965. The van der Waals surface area contributed by atoms with Crippen molar-refractivity contribution in [3.63, 3.8) is 0 Å². The molecule has 3 amide bonds. The minimum Gasteiger partial charge on any atom is -0.597 e. The number of nitrogens with zero attached hydrogens (tertiary/aromatic N) is 2. The number of hydrogen-bond acceptors (Lipinski definition) is 9. The van der Waals surface area contributed by atoms with Crippen molar-refractivity contribution in [1.82, 2.24) is 10.2 Å². The molecular weight excluding hydrogens is 604 g/mol. The van der Waals surface area contributed by atoms with E-state index in [1.165, 1.54) is 31.2 Å². The lowest BCUT2D eigenvalue weighted by Gasteiger charge is -2.47. The van der Waals surface area contributed by atoms with Crippen molar-refractivity contribution in [3.05, 3.63) is 81.9 Å². The third kappa shape index (κ3) is 8.69. The lowest BCUT2D eigenvalue weighted by Crippen LogP contribution is -2.75. The third-order valence-corrected chi connectivity index (χ3v) is 7.51. The Balaban J connectivity index is 1.68. The minimum absolute atomic E-state index is 0.135. The first-order valence-electron chi connectivity index (χ1n) is 12.9. The number of para-hydroxylation sites is 1. The van der Waals surface area contributed by atoms with Gasteiger partial charge in [0.05, 0.1) is 21.7 Å². The van der Waals surface area contributed by atoms with Gasteiger partial charge >= 0.3 is 12.1 Å². The maximum Gasteiger partial charge on any atom is 0.412 e. The molecule has 1 fully saturated rings. The van der Waals surface area contributed by atoms with Gasteiger partial charge in [-0.3, -0.25) is 29.9 Å². The number of rotatable bonds is 11. The van der Waals surface area contributed by atoms with Gasteiger partial charge in [-0.2, -0.15) is 0 Å². The van der Waals surface area contributed by atoms with E-state index in [0.29, 0.717) is 16.8 Å². The Morgan fingerprint density at radius 3 is 2.35 bits per heavy atom. The van der Waals surface area contributed by atoms with E-state index in [1.54, 1.807) is 45.0 Å². The molecule has 0 saturated carbocycles. The van der Waals surface area contributed by atoms with Crippen molar-refractivity contribution in [2.45, 2.75) is 63.8 Å². The monoisotopic (exact) mass is 634 g/mol. The first kappa shape index (κ1) is 33.4. The number of nitro groups is 1. The summed E-state index contributed by atoms with van der Waals surface area (Å²) in [6.45, 7) is 10.1. The van der Waals surface area contributed by atoms with Crippen LogP contribution in [0.5, 0.6) is 0 Å². The lowest BCUT2D eigenvalue weighted by molar-refractivity contribution is -0.384. The van der Waals surface area contributed by atoms with Gasteiger partial charge in [-0.1, -0.05) is 24.8 Å². The Morgan fingerprint density at radius 1 is 1.16 bits per heavy atom. The highest BCUT2D eigenvalue weighted by atomic mass is 35.7. The maximum absolute atomic E-state index is 13.2. The van der Waals surface area contributed by atoms with Crippen LogP contribution in [0.3, 0.4) is 0 Å². The number of esters is 1. The number of carbonyl (C=O) groups is 4. The molecule has 2 aromatic carbocycles. The first-order valence-corrected chi connectivity index (χ1v) is 14.9. The van der Waals surface area contributed by atoms with Crippen LogP contribution in [-0.4, -0.2) is 61.3 Å². The fourth-order valence-electron chi connectivity index (χ4n) is 4.20. The largest absolute Gasteiger partial charge is 0.597 e. The van der Waals surface area contributed by atoms with Crippen LogP contribution in [0.4, 0.5) is 16.2 Å². The summed E-state index contributed by atoms with van der Waals surface area (Å²) in [7, 11) is 3.70. The smallest absolute Gasteiger partial charge is 0.412 e. The number of nitrogens with one attached hydrogen (secondary N) is 2. The number of halogens is 1. The highest BCUT2D eigenvalue weighted by Crippen LogP contribution is 2.33. The number of non-ortho nitro benzene ring substituents is 1. The Kier molecular flexibility index (Phi) is 10.8. The number of β-lactam (4-membered cyclic amide) rings is 1. The summed E-state index contributed by atoms with van der Waals surface area (Å²) in [6, 6.07) is 9.19. The van der Waals surface area contributed by atoms with Crippen molar-refractivity contribution < 1.29 is 38.1 Å². The van der Waals surface area contributed by atoms with Crippen LogP contribution in [0.1, 0.15) is 38.8 Å². The normalized spacial score (nSPS) is 17.6. The number of ether oxygens (including phenoxy) is 2. The Morgan fingerprint density at radius 2 is 1.79 bits per heavy atom. The Hall–Kier alpha value is -4.14. The zero-order valence-corrected chi connectivity index (χ0v) is 25.4. The quantitative estimate of drug-likeness (QED) is 0.0929. The highest BCUT2D eigenvalue weighted by molar-refractivity contribution is 8.14. The summed E-state index contributed by atoms with van der Waals surface area (Å²) in [4.78, 5) is 62.6. The molecule has 13 nitrogen and oxygen atoms in total. The molecule has 1 aliphatic rings. The van der Waals surface area contributed by atoms with E-state index in [0.717, 1.165) is 4.90 Å². The average molecular weight is 635 g/mol. The molecule has 15 heteroatoms. The van der Waals surface area contributed by atoms with Crippen LogP contribution in [0.15, 0.2) is 60.7 Å². The zero-order chi connectivity index (χ0) is 32.1. The Bertz CT molecular complexity index is 1410. The van der Waals surface area contributed by atoms with E-state index in [9.17, 15) is 33.8 Å². The van der Waals surface area contributed by atoms with Crippen LogP contribution >= 0.6 is 10.7 Å². The SMILES string of the molecule is C=C(C)C(C(=O)OCc1ccc([N+](=O)[O-])cc1)N1C(=O)C(NC(=O)Cc2ccccc2NC(=O)OC(C)(C)C)C1[S+]([O-])Cl. The average Bonchev–Trinajstić information content (AvgIpc) is 2.90. The van der Waals surface area contributed by atoms with Crippen molar-refractivity contribution in [2.75, 3.05) is 5.32 Å². The van der Waals surface area contributed by atoms with Crippen LogP contribution < -0.4 is 10.6 Å². The van der Waals surface area contributed by atoms with Gasteiger partial charge in [-0.25, -0.2) is 9.59 Å². The van der Waals surface area contributed by atoms with Crippen molar-refractivity contribution in [2.24, 2.45) is 0 Å². The predicted molar refractivity (Wildman–Crippen MR) is 158 cm³/mol. The fraction of sp³-hybridized carbons (Fsp3) is 0.357. The van der Waals surface area contributed by atoms with E-state index < -0.39 is 62.2 Å². The van der Waals surface area contributed by atoms with Crippen LogP contribution in [0, 0.1) is 10.1 Å². The summed E-state index contributed by atoms with van der Waals surface area (Å²) in [5.74, 6) is -2.25. The molecule has 0 aromatic heterocycles. The lowest BCUT2D eigenvalue weighted by atomic mass is 9.99. The van der Waals surface area contributed by atoms with Crippen LogP contribution in [0.25, 0.3) is 0 Å². The molecule has 0 aliphatic carbocycles. The van der Waals surface area contributed by atoms with Gasteiger partial charge in [0, 0.05) is 17.8 Å². The molecule has 1 saturated heterocycles. The second-order valence-corrected chi connectivity index (χ2v) is 12.6. The van der Waals surface area contributed by atoms with Crippen molar-refractivity contribution in [3.8, 4) is 0 Å². The standard InChI is InChI=1S/C28H31ClN4O9S/c1-16(2)23(26(36)41-15-17-10-12-19(13-11-17)33(38)39)32-24(35)22(25(32)43(29)40)31-21(34)14-18-8-6-7-9-20(18)30-27(37)42-28(3,4)5/h6-13,22-23,25H,1,14-15H2,2-5H3,(H,30,37)(H,31,34). The minimum atomic E-state index is -2.21. The van der Waals surface area contributed by atoms with E-state index in [2.05, 4.69) is 17.2 Å². The maximum atomic E-state index is 13.2. The van der Waals surface area contributed by atoms with Gasteiger partial charge in [-0.05, 0) is 62.6 Å². The molecular formula is C28H31ClN4O9S. The van der Waals surface area contributed by atoms with Crippen LogP contribution in [-0.2, 0) is 47.3 Å². The second kappa shape index (κ2) is 13.9. The number of benzene rings is 2. The van der Waals surface area contributed by atoms with Gasteiger partial charge < -0.3 is 19.3 Å². The van der Waals surface area contributed by atoms with Crippen molar-refractivity contribution >= 4 is 56.3 Å². The number of anilines is 1. The molecule has 4 atom stereocenters. The molecule has 1 aliphatic heterocycles. The number of amides is 3. The van der Waals surface area contributed by atoms with E-state index >= 15 is 0 Å². The number of nitro benzene ring substituents is 1. The predicted octanol–water partition coefficient (Wildman–Crippen LogP) is 3.73. The molecule has 4 unspecified atom stereocenters. The summed E-state index contributed by atoms with van der Waals surface area (Å²) in [5.41, 5.74) is 0.526. The molecule has 43 heavy (non-hydrogen) atoms. The van der Waals surface area contributed by atoms with E-state index in [-0.39, 0.29) is 24.3 Å². The van der Waals surface area contributed by atoms with Gasteiger partial charge in [0.15, 0.2) is 22.8 Å². The van der Waals surface area contributed by atoms with Gasteiger partial charge in [0.1, 0.15) is 12.2 Å².